The van der Waals surface area contributed by atoms with E-state index in [9.17, 15) is 4.79 Å². The van der Waals surface area contributed by atoms with E-state index in [1.165, 1.54) is 0 Å². The Hall–Kier alpha value is -1.58. The summed E-state index contributed by atoms with van der Waals surface area (Å²) in [4.78, 5) is 19.8. The van der Waals surface area contributed by atoms with E-state index in [1.807, 2.05) is 33.9 Å². The highest BCUT2D eigenvalue weighted by molar-refractivity contribution is 5.36. The first kappa shape index (κ1) is 10.9. The number of aryl methyl sites for hydroxylation is 2. The SMILES string of the molecule is CCc1cn2c(=O)c(C(C)C)c(C)nc2[nH]1. The van der Waals surface area contributed by atoms with Crippen LogP contribution >= 0.6 is 0 Å². The Bertz CT molecular complexity index is 578. The molecule has 2 rings (SSSR count). The quantitative estimate of drug-likeness (QED) is 0.840. The number of fused-ring (bicyclic) bond motifs is 1. The van der Waals surface area contributed by atoms with Gasteiger partial charge in [-0.15, -0.1) is 0 Å². The molecule has 2 heterocycles. The van der Waals surface area contributed by atoms with Crippen LogP contribution in [0, 0.1) is 6.92 Å². The molecule has 16 heavy (non-hydrogen) atoms. The van der Waals surface area contributed by atoms with E-state index >= 15 is 0 Å². The van der Waals surface area contributed by atoms with Crippen molar-refractivity contribution in [1.29, 1.82) is 0 Å². The number of hydrogen-bond acceptors (Lipinski definition) is 2. The molecule has 0 fully saturated rings. The maximum atomic E-state index is 12.2. The Kier molecular flexibility index (Phi) is 2.58. The molecule has 86 valence electrons. The second-order valence-corrected chi connectivity index (χ2v) is 4.40. The Morgan fingerprint density at radius 3 is 2.75 bits per heavy atom. The first-order valence-corrected chi connectivity index (χ1v) is 5.65. The molecule has 0 atom stereocenters. The zero-order chi connectivity index (χ0) is 11.9. The summed E-state index contributed by atoms with van der Waals surface area (Å²) in [6.45, 7) is 7.98. The van der Waals surface area contributed by atoms with Crippen molar-refractivity contribution in [2.75, 3.05) is 0 Å². The maximum Gasteiger partial charge on any atom is 0.262 e. The highest BCUT2D eigenvalue weighted by Crippen LogP contribution is 2.14. The van der Waals surface area contributed by atoms with Gasteiger partial charge in [-0.3, -0.25) is 9.20 Å². The molecule has 2 aromatic heterocycles. The van der Waals surface area contributed by atoms with Crippen LogP contribution in [0.25, 0.3) is 5.78 Å². The topological polar surface area (TPSA) is 50.2 Å². The fourth-order valence-electron chi connectivity index (χ4n) is 2.04. The Labute approximate surface area is 94.3 Å². The standard InChI is InChI=1S/C12H17N3O/c1-5-9-6-15-11(16)10(7(2)3)8(4)13-12(15)14-9/h6-7H,5H2,1-4H3,(H,13,14). The van der Waals surface area contributed by atoms with Crippen molar-refractivity contribution in [2.45, 2.75) is 40.0 Å². The third-order valence-electron chi connectivity index (χ3n) is 2.86. The molecular formula is C12H17N3O. The van der Waals surface area contributed by atoms with E-state index in [0.29, 0.717) is 5.78 Å². The number of imidazole rings is 1. The lowest BCUT2D eigenvalue weighted by molar-refractivity contribution is 0.806. The summed E-state index contributed by atoms with van der Waals surface area (Å²) in [6.07, 6.45) is 2.72. The zero-order valence-electron chi connectivity index (χ0n) is 10.2. The number of nitrogens with zero attached hydrogens (tertiary/aromatic N) is 2. The Morgan fingerprint density at radius 1 is 1.50 bits per heavy atom. The van der Waals surface area contributed by atoms with E-state index in [0.717, 1.165) is 23.4 Å². The lowest BCUT2D eigenvalue weighted by Crippen LogP contribution is -2.21. The van der Waals surface area contributed by atoms with Gasteiger partial charge >= 0.3 is 0 Å². The average molecular weight is 219 g/mol. The minimum Gasteiger partial charge on any atom is -0.327 e. The number of aromatic nitrogens is 3. The van der Waals surface area contributed by atoms with Crippen molar-refractivity contribution in [3.63, 3.8) is 0 Å². The third kappa shape index (κ3) is 1.54. The zero-order valence-corrected chi connectivity index (χ0v) is 10.2. The fourth-order valence-corrected chi connectivity index (χ4v) is 2.04. The molecule has 4 nitrogen and oxygen atoms in total. The molecule has 0 aliphatic carbocycles. The summed E-state index contributed by atoms with van der Waals surface area (Å²) in [5.74, 6) is 0.848. The van der Waals surface area contributed by atoms with Crippen molar-refractivity contribution >= 4 is 5.78 Å². The largest absolute Gasteiger partial charge is 0.327 e. The van der Waals surface area contributed by atoms with Crippen LogP contribution in [0.5, 0.6) is 0 Å². The lowest BCUT2D eigenvalue weighted by atomic mass is 10.0. The van der Waals surface area contributed by atoms with Gasteiger partial charge in [0.05, 0.1) is 5.69 Å². The fraction of sp³-hybridized carbons (Fsp3) is 0.500. The van der Waals surface area contributed by atoms with Crippen molar-refractivity contribution in [2.24, 2.45) is 0 Å². The van der Waals surface area contributed by atoms with Gasteiger partial charge in [0.25, 0.3) is 5.56 Å². The molecule has 4 heteroatoms. The summed E-state index contributed by atoms with van der Waals surface area (Å²) in [6, 6.07) is 0. The van der Waals surface area contributed by atoms with Crippen molar-refractivity contribution in [1.82, 2.24) is 14.4 Å². The molecule has 0 amide bonds. The second kappa shape index (κ2) is 3.77. The van der Waals surface area contributed by atoms with Crippen LogP contribution in [-0.2, 0) is 6.42 Å². The van der Waals surface area contributed by atoms with Crippen LogP contribution in [0.4, 0.5) is 0 Å². The van der Waals surface area contributed by atoms with Crippen LogP contribution in [0.15, 0.2) is 11.0 Å². The maximum absolute atomic E-state index is 12.2. The Morgan fingerprint density at radius 2 is 2.19 bits per heavy atom. The molecule has 0 aliphatic rings. The van der Waals surface area contributed by atoms with Gasteiger partial charge in [-0.05, 0) is 19.3 Å². The highest BCUT2D eigenvalue weighted by atomic mass is 16.1. The minimum absolute atomic E-state index is 0.0495. The first-order valence-electron chi connectivity index (χ1n) is 5.65. The summed E-state index contributed by atoms with van der Waals surface area (Å²) < 4.78 is 1.61. The lowest BCUT2D eigenvalue weighted by Gasteiger charge is -2.07. The van der Waals surface area contributed by atoms with Gasteiger partial charge in [0.2, 0.25) is 5.78 Å². The monoisotopic (exact) mass is 219 g/mol. The summed E-state index contributed by atoms with van der Waals surface area (Å²) in [5.41, 5.74) is 2.71. The second-order valence-electron chi connectivity index (χ2n) is 4.40. The van der Waals surface area contributed by atoms with Crippen LogP contribution in [0.3, 0.4) is 0 Å². The number of H-pyrrole nitrogens is 1. The van der Waals surface area contributed by atoms with Gasteiger partial charge in [0.15, 0.2) is 0 Å². The molecule has 0 bridgehead atoms. The molecule has 2 aromatic rings. The van der Waals surface area contributed by atoms with E-state index in [2.05, 4.69) is 9.97 Å². The van der Waals surface area contributed by atoms with Crippen molar-refractivity contribution in [3.05, 3.63) is 33.5 Å². The Balaban J connectivity index is 2.82. The van der Waals surface area contributed by atoms with E-state index < -0.39 is 0 Å². The molecule has 0 aliphatic heterocycles. The molecule has 1 N–H and O–H groups in total. The number of rotatable bonds is 2. The molecule has 0 unspecified atom stereocenters. The molecule has 0 spiro atoms. The van der Waals surface area contributed by atoms with Crippen LogP contribution < -0.4 is 5.56 Å². The third-order valence-corrected chi connectivity index (χ3v) is 2.86. The van der Waals surface area contributed by atoms with Gasteiger partial charge in [-0.25, -0.2) is 4.98 Å². The van der Waals surface area contributed by atoms with Gasteiger partial charge < -0.3 is 4.98 Å². The predicted molar refractivity (Wildman–Crippen MR) is 64.0 cm³/mol. The summed E-state index contributed by atoms with van der Waals surface area (Å²) >= 11 is 0. The molecule has 0 saturated carbocycles. The predicted octanol–water partition coefficient (Wildman–Crippen LogP) is 2.02. The molecular weight excluding hydrogens is 202 g/mol. The number of hydrogen-bond donors (Lipinski definition) is 1. The van der Waals surface area contributed by atoms with E-state index in [4.69, 9.17) is 0 Å². The smallest absolute Gasteiger partial charge is 0.262 e. The van der Waals surface area contributed by atoms with Gasteiger partial charge in [0, 0.05) is 17.5 Å². The summed E-state index contributed by atoms with van der Waals surface area (Å²) in [5, 5.41) is 0. The van der Waals surface area contributed by atoms with Gasteiger partial charge in [-0.1, -0.05) is 20.8 Å². The van der Waals surface area contributed by atoms with E-state index in [1.54, 1.807) is 4.40 Å². The number of aromatic amines is 1. The normalized spacial score (nSPS) is 11.6. The first-order chi connectivity index (χ1) is 7.54. The highest BCUT2D eigenvalue weighted by Gasteiger charge is 2.13. The average Bonchev–Trinajstić information content (AvgIpc) is 2.60. The van der Waals surface area contributed by atoms with Crippen LogP contribution in [0.1, 0.15) is 43.6 Å². The number of nitrogens with one attached hydrogen (secondary N) is 1. The molecule has 0 radical (unpaired) electrons. The van der Waals surface area contributed by atoms with Crippen molar-refractivity contribution in [3.8, 4) is 0 Å². The van der Waals surface area contributed by atoms with Crippen LogP contribution in [0.2, 0.25) is 0 Å². The van der Waals surface area contributed by atoms with Gasteiger partial charge in [0.1, 0.15) is 0 Å². The van der Waals surface area contributed by atoms with Crippen molar-refractivity contribution < 1.29 is 0 Å². The van der Waals surface area contributed by atoms with Gasteiger partial charge in [-0.2, -0.15) is 0 Å². The minimum atomic E-state index is 0.0495. The van der Waals surface area contributed by atoms with Crippen LogP contribution in [-0.4, -0.2) is 14.4 Å². The molecule has 0 aromatic carbocycles. The molecule has 0 saturated heterocycles. The summed E-state index contributed by atoms with van der Waals surface area (Å²) in [7, 11) is 0. The van der Waals surface area contributed by atoms with E-state index in [-0.39, 0.29) is 11.5 Å².